The van der Waals surface area contributed by atoms with Gasteiger partial charge in [-0.3, -0.25) is 0 Å². The molecule has 0 bridgehead atoms. The van der Waals surface area contributed by atoms with Gasteiger partial charge in [-0.15, -0.1) is 0 Å². The van der Waals surface area contributed by atoms with Crippen LogP contribution >= 0.6 is 0 Å². The minimum Gasteiger partial charge on any atom is -0.200 e. The Morgan fingerprint density at radius 3 is 2.50 bits per heavy atom. The summed E-state index contributed by atoms with van der Waals surface area (Å²) in [7, 11) is -3.62. The van der Waals surface area contributed by atoms with Crippen LogP contribution in [0.3, 0.4) is 0 Å². The number of rotatable bonds is 4. The van der Waals surface area contributed by atoms with Crippen molar-refractivity contribution in [3.63, 3.8) is 0 Å². The number of aryl methyl sites for hydroxylation is 1. The first-order chi connectivity index (χ1) is 10.3. The second kappa shape index (κ2) is 6.48. The summed E-state index contributed by atoms with van der Waals surface area (Å²) in [6, 6.07) is 6.70. The van der Waals surface area contributed by atoms with Gasteiger partial charge in [-0.25, -0.2) is 0 Å². The van der Waals surface area contributed by atoms with E-state index in [-0.39, 0.29) is 4.90 Å². The van der Waals surface area contributed by atoms with Gasteiger partial charge in [-0.05, 0) is 57.2 Å². The van der Waals surface area contributed by atoms with Crippen LogP contribution in [0.2, 0.25) is 0 Å². The fraction of sp³-hybridized carbons (Fsp3) is 0.353. The van der Waals surface area contributed by atoms with Gasteiger partial charge in [0.15, 0.2) is 0 Å². The highest BCUT2D eigenvalue weighted by molar-refractivity contribution is 7.89. The molecule has 0 aromatic heterocycles. The summed E-state index contributed by atoms with van der Waals surface area (Å²) in [6.07, 6.45) is 3.74. The summed E-state index contributed by atoms with van der Waals surface area (Å²) in [5, 5.41) is 4.14. The molecule has 0 amide bonds. The zero-order valence-electron chi connectivity index (χ0n) is 13.3. The molecule has 1 aliphatic carbocycles. The largest absolute Gasteiger partial charge is 0.276 e. The van der Waals surface area contributed by atoms with E-state index in [1.54, 1.807) is 24.3 Å². The summed E-state index contributed by atoms with van der Waals surface area (Å²) < 4.78 is 24.5. The minimum absolute atomic E-state index is 0.219. The van der Waals surface area contributed by atoms with Gasteiger partial charge in [0, 0.05) is 0 Å². The van der Waals surface area contributed by atoms with Gasteiger partial charge in [0.2, 0.25) is 0 Å². The average molecular weight is 318 g/mol. The van der Waals surface area contributed by atoms with Crippen molar-refractivity contribution >= 4 is 15.7 Å². The van der Waals surface area contributed by atoms with E-state index in [9.17, 15) is 8.42 Å². The number of hydrogen-bond donors (Lipinski definition) is 1. The van der Waals surface area contributed by atoms with Crippen LogP contribution < -0.4 is 4.83 Å². The number of allylic oxidation sites excluding steroid dienone is 3. The second-order valence-electron chi connectivity index (χ2n) is 5.84. The maximum atomic E-state index is 12.3. The number of hydrazone groups is 1. The SMILES string of the molecule is C=C(C)[C@@H]1CC=C(C)C(=NNS(=O)(=O)c2ccc(C)cc2)C1. The van der Waals surface area contributed by atoms with Crippen LogP contribution in [0.1, 0.15) is 32.3 Å². The molecule has 0 heterocycles. The van der Waals surface area contributed by atoms with Crippen molar-refractivity contribution in [2.45, 2.75) is 38.5 Å². The van der Waals surface area contributed by atoms with Crippen molar-refractivity contribution in [1.82, 2.24) is 4.83 Å². The second-order valence-corrected chi connectivity index (χ2v) is 7.50. The fourth-order valence-electron chi connectivity index (χ4n) is 2.31. The van der Waals surface area contributed by atoms with Crippen LogP contribution in [0, 0.1) is 12.8 Å². The molecular weight excluding hydrogens is 296 g/mol. The van der Waals surface area contributed by atoms with E-state index in [4.69, 9.17) is 0 Å². The Kier molecular flexibility index (Phi) is 4.86. The summed E-state index contributed by atoms with van der Waals surface area (Å²) >= 11 is 0. The Morgan fingerprint density at radius 2 is 1.91 bits per heavy atom. The molecule has 2 rings (SSSR count). The molecule has 1 N–H and O–H groups in total. The van der Waals surface area contributed by atoms with E-state index in [0.29, 0.717) is 12.3 Å². The lowest BCUT2D eigenvalue weighted by Crippen LogP contribution is -2.23. The van der Waals surface area contributed by atoms with Crippen LogP contribution in [-0.2, 0) is 10.0 Å². The standard InChI is InChI=1S/C17H22N2O2S/c1-12(2)15-8-7-14(4)17(11-15)18-19-22(20,21)16-9-5-13(3)6-10-16/h5-7,9-10,15,19H,1,8,11H2,2-4H3/t15-/m1/s1. The smallest absolute Gasteiger partial charge is 0.200 e. The lowest BCUT2D eigenvalue weighted by Gasteiger charge is -2.22. The molecule has 0 radical (unpaired) electrons. The van der Waals surface area contributed by atoms with Crippen molar-refractivity contribution in [1.29, 1.82) is 0 Å². The van der Waals surface area contributed by atoms with Gasteiger partial charge in [-0.2, -0.15) is 18.4 Å². The number of nitrogens with zero attached hydrogens (tertiary/aromatic N) is 1. The zero-order chi connectivity index (χ0) is 16.3. The Labute approximate surface area is 132 Å². The maximum Gasteiger partial charge on any atom is 0.276 e. The molecule has 0 aliphatic heterocycles. The van der Waals surface area contributed by atoms with Gasteiger partial charge < -0.3 is 0 Å². The van der Waals surface area contributed by atoms with Gasteiger partial charge in [0.05, 0.1) is 10.6 Å². The van der Waals surface area contributed by atoms with E-state index < -0.39 is 10.0 Å². The highest BCUT2D eigenvalue weighted by Gasteiger charge is 2.20. The molecule has 22 heavy (non-hydrogen) atoms. The van der Waals surface area contributed by atoms with Crippen LogP contribution in [0.4, 0.5) is 0 Å². The van der Waals surface area contributed by atoms with Crippen molar-refractivity contribution in [2.75, 3.05) is 0 Å². The summed E-state index contributed by atoms with van der Waals surface area (Å²) in [6.45, 7) is 9.84. The molecule has 5 heteroatoms. The predicted molar refractivity (Wildman–Crippen MR) is 90.2 cm³/mol. The lowest BCUT2D eigenvalue weighted by atomic mass is 9.85. The van der Waals surface area contributed by atoms with Crippen LogP contribution in [-0.4, -0.2) is 14.1 Å². The predicted octanol–water partition coefficient (Wildman–Crippen LogP) is 3.56. The third kappa shape index (κ3) is 3.85. The highest BCUT2D eigenvalue weighted by atomic mass is 32.2. The molecular formula is C17H22N2O2S. The lowest BCUT2D eigenvalue weighted by molar-refractivity contribution is 0.583. The number of sulfonamides is 1. The van der Waals surface area contributed by atoms with Crippen molar-refractivity contribution in [2.24, 2.45) is 11.0 Å². The van der Waals surface area contributed by atoms with Crippen molar-refractivity contribution in [3.05, 3.63) is 53.6 Å². The van der Waals surface area contributed by atoms with Gasteiger partial charge in [-0.1, -0.05) is 35.9 Å². The Balaban J connectivity index is 2.19. The first-order valence-electron chi connectivity index (χ1n) is 7.27. The van der Waals surface area contributed by atoms with E-state index in [2.05, 4.69) is 22.6 Å². The Hall–Kier alpha value is -1.88. The summed E-state index contributed by atoms with van der Waals surface area (Å²) in [4.78, 5) is 2.56. The van der Waals surface area contributed by atoms with E-state index in [1.165, 1.54) is 0 Å². The summed E-state index contributed by atoms with van der Waals surface area (Å²) in [5.74, 6) is 0.325. The van der Waals surface area contributed by atoms with Gasteiger partial charge in [0.1, 0.15) is 0 Å². The van der Waals surface area contributed by atoms with Crippen LogP contribution in [0.15, 0.2) is 58.1 Å². The highest BCUT2D eigenvalue weighted by Crippen LogP contribution is 2.26. The third-order valence-electron chi connectivity index (χ3n) is 3.93. The number of benzene rings is 1. The first kappa shape index (κ1) is 16.5. The van der Waals surface area contributed by atoms with Gasteiger partial charge >= 0.3 is 0 Å². The summed E-state index contributed by atoms with van der Waals surface area (Å²) in [5.41, 5.74) is 3.90. The molecule has 0 unspecified atom stereocenters. The monoisotopic (exact) mass is 318 g/mol. The first-order valence-corrected chi connectivity index (χ1v) is 8.75. The zero-order valence-corrected chi connectivity index (χ0v) is 14.1. The topological polar surface area (TPSA) is 58.5 Å². The normalized spacial score (nSPS) is 20.6. The molecule has 1 aliphatic rings. The molecule has 1 aromatic carbocycles. The molecule has 0 fully saturated rings. The molecule has 1 atom stereocenters. The quantitative estimate of drug-likeness (QED) is 0.681. The Morgan fingerprint density at radius 1 is 1.27 bits per heavy atom. The Bertz CT molecular complexity index is 728. The molecule has 118 valence electrons. The molecule has 4 nitrogen and oxygen atoms in total. The van der Waals surface area contributed by atoms with E-state index in [1.807, 2.05) is 20.8 Å². The number of hydrogen-bond acceptors (Lipinski definition) is 3. The van der Waals surface area contributed by atoms with Crippen molar-refractivity contribution in [3.8, 4) is 0 Å². The van der Waals surface area contributed by atoms with Gasteiger partial charge in [0.25, 0.3) is 10.0 Å². The minimum atomic E-state index is -3.62. The molecule has 0 spiro atoms. The molecule has 0 saturated carbocycles. The maximum absolute atomic E-state index is 12.3. The van der Waals surface area contributed by atoms with Crippen molar-refractivity contribution < 1.29 is 8.42 Å². The van der Waals surface area contributed by atoms with Crippen LogP contribution in [0.5, 0.6) is 0 Å². The molecule has 0 saturated heterocycles. The fourth-order valence-corrected chi connectivity index (χ4v) is 3.14. The molecule has 1 aromatic rings. The number of nitrogens with one attached hydrogen (secondary N) is 1. The van der Waals surface area contributed by atoms with E-state index in [0.717, 1.165) is 28.8 Å². The average Bonchev–Trinajstić information content (AvgIpc) is 2.46. The van der Waals surface area contributed by atoms with E-state index >= 15 is 0 Å². The third-order valence-corrected chi connectivity index (χ3v) is 5.16. The van der Waals surface area contributed by atoms with Crippen LogP contribution in [0.25, 0.3) is 0 Å².